The number of rotatable bonds is 7. The molecule has 0 aliphatic carbocycles. The number of benzene rings is 2. The predicted octanol–water partition coefficient (Wildman–Crippen LogP) is 2.52. The molecule has 0 radical (unpaired) electrons. The smallest absolute Gasteiger partial charge is 0.265 e. The molecule has 154 valence electrons. The minimum atomic E-state index is -4.03. The molecule has 3 aromatic rings. The van der Waals surface area contributed by atoms with Gasteiger partial charge in [-0.15, -0.1) is 0 Å². The molecular formula is C21H20N4O4S. The summed E-state index contributed by atoms with van der Waals surface area (Å²) in [7, 11) is -4.03. The van der Waals surface area contributed by atoms with Gasteiger partial charge in [0.05, 0.1) is 10.6 Å². The minimum absolute atomic E-state index is 0.0229. The molecule has 30 heavy (non-hydrogen) atoms. The van der Waals surface area contributed by atoms with Crippen molar-refractivity contribution in [1.82, 2.24) is 10.4 Å². The molecule has 0 saturated heterocycles. The molecule has 1 amide bonds. The van der Waals surface area contributed by atoms with E-state index in [-0.39, 0.29) is 16.5 Å². The van der Waals surface area contributed by atoms with Crippen LogP contribution in [-0.4, -0.2) is 36.7 Å². The number of nitrogens with one attached hydrogen (secondary N) is 1. The van der Waals surface area contributed by atoms with Gasteiger partial charge >= 0.3 is 0 Å². The van der Waals surface area contributed by atoms with E-state index in [2.05, 4.69) is 15.5 Å². The second-order valence-electron chi connectivity index (χ2n) is 6.26. The number of aromatic hydroxyl groups is 1. The number of amides is 1. The van der Waals surface area contributed by atoms with Crippen LogP contribution in [0.4, 0.5) is 5.82 Å². The predicted molar refractivity (Wildman–Crippen MR) is 114 cm³/mol. The first kappa shape index (κ1) is 21.0. The summed E-state index contributed by atoms with van der Waals surface area (Å²) in [5.74, 6) is -0.525. The lowest BCUT2D eigenvalue weighted by molar-refractivity contribution is -0.119. The Balaban J connectivity index is 1.84. The zero-order valence-electron chi connectivity index (χ0n) is 16.1. The molecule has 3 rings (SSSR count). The van der Waals surface area contributed by atoms with Crippen molar-refractivity contribution in [1.29, 1.82) is 0 Å². The number of pyridine rings is 1. The Morgan fingerprint density at radius 2 is 1.70 bits per heavy atom. The van der Waals surface area contributed by atoms with Crippen molar-refractivity contribution in [3.63, 3.8) is 0 Å². The van der Waals surface area contributed by atoms with E-state index in [0.29, 0.717) is 11.3 Å². The quantitative estimate of drug-likeness (QED) is 0.447. The highest BCUT2D eigenvalue weighted by molar-refractivity contribution is 7.92. The van der Waals surface area contributed by atoms with Gasteiger partial charge in [-0.2, -0.15) is 5.10 Å². The topological polar surface area (TPSA) is 112 Å². The summed E-state index contributed by atoms with van der Waals surface area (Å²) in [5, 5.41) is 13.9. The molecule has 8 nitrogen and oxygen atoms in total. The SMILES string of the molecule is C/C(=N/NC(=O)CN(c1ccccn1)S(=O)(=O)c1ccccc1)c1ccccc1O. The van der Waals surface area contributed by atoms with Crippen LogP contribution in [0.3, 0.4) is 0 Å². The van der Waals surface area contributed by atoms with Gasteiger partial charge in [0, 0.05) is 11.8 Å². The van der Waals surface area contributed by atoms with Gasteiger partial charge in [-0.25, -0.2) is 23.1 Å². The minimum Gasteiger partial charge on any atom is -0.507 e. The van der Waals surface area contributed by atoms with E-state index in [1.807, 2.05) is 0 Å². The number of carbonyl (C=O) groups excluding carboxylic acids is 1. The van der Waals surface area contributed by atoms with Crippen LogP contribution >= 0.6 is 0 Å². The highest BCUT2D eigenvalue weighted by atomic mass is 32.2. The van der Waals surface area contributed by atoms with Crippen LogP contribution < -0.4 is 9.73 Å². The van der Waals surface area contributed by atoms with Crippen molar-refractivity contribution >= 4 is 27.5 Å². The fourth-order valence-corrected chi connectivity index (χ4v) is 4.06. The van der Waals surface area contributed by atoms with E-state index in [9.17, 15) is 18.3 Å². The first-order valence-corrected chi connectivity index (χ1v) is 10.4. The Labute approximate surface area is 174 Å². The molecule has 0 fully saturated rings. The summed E-state index contributed by atoms with van der Waals surface area (Å²) in [6.07, 6.45) is 1.45. The van der Waals surface area contributed by atoms with Gasteiger partial charge in [-0.05, 0) is 43.3 Å². The van der Waals surface area contributed by atoms with Crippen molar-refractivity contribution in [2.75, 3.05) is 10.8 Å². The zero-order valence-corrected chi connectivity index (χ0v) is 17.0. The van der Waals surface area contributed by atoms with Crippen LogP contribution in [0.2, 0.25) is 0 Å². The largest absolute Gasteiger partial charge is 0.507 e. The third-order valence-electron chi connectivity index (χ3n) is 4.17. The molecule has 1 heterocycles. The normalized spacial score (nSPS) is 11.7. The molecule has 2 N–H and O–H groups in total. The lowest BCUT2D eigenvalue weighted by Crippen LogP contribution is -2.40. The van der Waals surface area contributed by atoms with Crippen LogP contribution in [0, 0.1) is 0 Å². The van der Waals surface area contributed by atoms with Gasteiger partial charge in [0.2, 0.25) is 0 Å². The van der Waals surface area contributed by atoms with E-state index in [1.54, 1.807) is 55.5 Å². The lowest BCUT2D eigenvalue weighted by Gasteiger charge is -2.22. The zero-order chi connectivity index (χ0) is 21.6. The van der Waals surface area contributed by atoms with Crippen molar-refractivity contribution in [2.45, 2.75) is 11.8 Å². The monoisotopic (exact) mass is 424 g/mol. The third kappa shape index (κ3) is 4.81. The maximum atomic E-state index is 13.1. The van der Waals surface area contributed by atoms with Gasteiger partial charge in [0.15, 0.2) is 0 Å². The number of para-hydroxylation sites is 1. The molecule has 0 aliphatic rings. The molecule has 1 aromatic heterocycles. The van der Waals surface area contributed by atoms with Crippen LogP contribution in [-0.2, 0) is 14.8 Å². The number of nitrogens with zero attached hydrogens (tertiary/aromatic N) is 3. The Kier molecular flexibility index (Phi) is 6.43. The van der Waals surface area contributed by atoms with Gasteiger partial charge in [0.25, 0.3) is 15.9 Å². The molecule has 0 saturated carbocycles. The molecule has 0 spiro atoms. The average Bonchev–Trinajstić information content (AvgIpc) is 2.77. The fourth-order valence-electron chi connectivity index (χ4n) is 2.66. The Hall–Kier alpha value is -3.72. The van der Waals surface area contributed by atoms with Crippen LogP contribution in [0.25, 0.3) is 0 Å². The summed E-state index contributed by atoms with van der Waals surface area (Å²) >= 11 is 0. The van der Waals surface area contributed by atoms with E-state index in [4.69, 9.17) is 0 Å². The van der Waals surface area contributed by atoms with Gasteiger partial charge in [-0.3, -0.25) is 4.79 Å². The summed E-state index contributed by atoms with van der Waals surface area (Å²) in [5.41, 5.74) is 3.16. The van der Waals surface area contributed by atoms with E-state index >= 15 is 0 Å². The van der Waals surface area contributed by atoms with Crippen molar-refractivity contribution < 1.29 is 18.3 Å². The Morgan fingerprint density at radius 3 is 2.37 bits per heavy atom. The highest BCUT2D eigenvalue weighted by Gasteiger charge is 2.27. The summed E-state index contributed by atoms with van der Waals surface area (Å²) in [4.78, 5) is 16.6. The molecule has 0 unspecified atom stereocenters. The third-order valence-corrected chi connectivity index (χ3v) is 5.93. The number of carbonyl (C=O) groups is 1. The molecule has 2 aromatic carbocycles. The molecule has 9 heteroatoms. The van der Waals surface area contributed by atoms with Gasteiger partial charge in [-0.1, -0.05) is 36.4 Å². The number of hydrogen-bond donors (Lipinski definition) is 2. The number of sulfonamides is 1. The van der Waals surface area contributed by atoms with Crippen molar-refractivity contribution in [3.8, 4) is 5.75 Å². The van der Waals surface area contributed by atoms with Crippen LogP contribution in [0.1, 0.15) is 12.5 Å². The second-order valence-corrected chi connectivity index (χ2v) is 8.12. The molecule has 0 bridgehead atoms. The first-order chi connectivity index (χ1) is 14.4. The second kappa shape index (κ2) is 9.19. The fraction of sp³-hybridized carbons (Fsp3) is 0.0952. The van der Waals surface area contributed by atoms with Crippen LogP contribution in [0.15, 0.2) is 89.0 Å². The number of anilines is 1. The Morgan fingerprint density at radius 1 is 1.03 bits per heavy atom. The standard InChI is InChI=1S/C21H20N4O4S/c1-16(18-11-5-6-12-19(18)26)23-24-21(27)15-25(20-13-7-8-14-22-20)30(28,29)17-9-3-2-4-10-17/h2-14,26H,15H2,1H3,(H,24,27)/b23-16-. The molecule has 0 aliphatic heterocycles. The number of phenolic OH excluding ortho intramolecular Hbond substituents is 1. The Bertz CT molecular complexity index is 1150. The maximum Gasteiger partial charge on any atom is 0.265 e. The van der Waals surface area contributed by atoms with E-state index < -0.39 is 22.5 Å². The highest BCUT2D eigenvalue weighted by Crippen LogP contribution is 2.21. The van der Waals surface area contributed by atoms with E-state index in [1.165, 1.54) is 30.5 Å². The summed E-state index contributed by atoms with van der Waals surface area (Å²) in [6, 6.07) is 19.1. The molecular weight excluding hydrogens is 404 g/mol. The first-order valence-electron chi connectivity index (χ1n) is 9.00. The van der Waals surface area contributed by atoms with Gasteiger partial charge < -0.3 is 5.11 Å². The number of hydrogen-bond acceptors (Lipinski definition) is 6. The van der Waals surface area contributed by atoms with Crippen molar-refractivity contribution in [3.05, 3.63) is 84.6 Å². The lowest BCUT2D eigenvalue weighted by atomic mass is 10.1. The van der Waals surface area contributed by atoms with Gasteiger partial charge in [0.1, 0.15) is 18.1 Å². The number of hydrazone groups is 1. The number of aromatic nitrogens is 1. The number of phenols is 1. The summed E-state index contributed by atoms with van der Waals surface area (Å²) in [6.45, 7) is 1.10. The average molecular weight is 424 g/mol. The maximum absolute atomic E-state index is 13.1. The van der Waals surface area contributed by atoms with E-state index in [0.717, 1.165) is 4.31 Å². The van der Waals surface area contributed by atoms with Crippen molar-refractivity contribution in [2.24, 2.45) is 5.10 Å². The molecule has 0 atom stereocenters. The summed E-state index contributed by atoms with van der Waals surface area (Å²) < 4.78 is 27.1. The van der Waals surface area contributed by atoms with Crippen LogP contribution in [0.5, 0.6) is 5.75 Å².